The quantitative estimate of drug-likeness (QED) is 0.662. The van der Waals surface area contributed by atoms with E-state index in [2.05, 4.69) is 27.6 Å². The van der Waals surface area contributed by atoms with Crippen LogP contribution in [0.5, 0.6) is 5.75 Å². The number of ether oxygens (including phenoxy) is 1. The topological polar surface area (TPSA) is 48.1 Å². The van der Waals surface area contributed by atoms with Crippen LogP contribution in [0, 0.1) is 3.70 Å². The predicted octanol–water partition coefficient (Wildman–Crippen LogP) is 1.81. The first-order chi connectivity index (χ1) is 5.75. The predicted molar refractivity (Wildman–Crippen MR) is 55.0 cm³/mol. The van der Waals surface area contributed by atoms with Crippen molar-refractivity contribution in [3.63, 3.8) is 0 Å². The van der Waals surface area contributed by atoms with Crippen LogP contribution >= 0.6 is 22.6 Å². The molecule has 1 heterocycles. The van der Waals surface area contributed by atoms with Crippen LogP contribution in [0.3, 0.4) is 0 Å². The van der Waals surface area contributed by atoms with Crippen molar-refractivity contribution in [2.45, 2.75) is 18.9 Å². The Morgan fingerprint density at radius 3 is 2.83 bits per heavy atom. The molecule has 2 rings (SSSR count). The average Bonchev–Trinajstić information content (AvgIpc) is 2.79. The number of rotatable bonds is 2. The second kappa shape index (κ2) is 3.08. The van der Waals surface area contributed by atoms with Crippen molar-refractivity contribution >= 4 is 28.4 Å². The first-order valence-electron chi connectivity index (χ1n) is 3.84. The standard InChI is InChI=1S/C8H9IN2O/c9-7-4-3-6(8(10)11-7)12-5-1-2-5/h3-5H,1-2H2,(H2,10,11). The Kier molecular flexibility index (Phi) is 2.08. The van der Waals surface area contributed by atoms with Crippen molar-refractivity contribution in [3.05, 3.63) is 15.8 Å². The third kappa shape index (κ3) is 1.80. The zero-order valence-electron chi connectivity index (χ0n) is 6.46. The first-order valence-corrected chi connectivity index (χ1v) is 4.92. The summed E-state index contributed by atoms with van der Waals surface area (Å²) in [5.74, 6) is 1.21. The van der Waals surface area contributed by atoms with Crippen molar-refractivity contribution in [3.8, 4) is 5.75 Å². The van der Waals surface area contributed by atoms with Crippen LogP contribution in [0.4, 0.5) is 5.82 Å². The minimum atomic E-state index is 0.383. The summed E-state index contributed by atoms with van der Waals surface area (Å²) in [4.78, 5) is 4.09. The summed E-state index contributed by atoms with van der Waals surface area (Å²) in [5.41, 5.74) is 5.66. The van der Waals surface area contributed by atoms with Gasteiger partial charge in [0.05, 0.1) is 6.10 Å². The number of nitrogen functional groups attached to an aromatic ring is 1. The second-order valence-electron chi connectivity index (χ2n) is 2.83. The van der Waals surface area contributed by atoms with Crippen LogP contribution < -0.4 is 10.5 Å². The molecule has 0 aromatic carbocycles. The molecule has 1 saturated carbocycles. The van der Waals surface area contributed by atoms with Gasteiger partial charge in [-0.3, -0.25) is 0 Å². The average molecular weight is 276 g/mol. The summed E-state index contributed by atoms with van der Waals surface area (Å²) in [5, 5.41) is 0. The number of nitrogens with zero attached hydrogens (tertiary/aromatic N) is 1. The van der Waals surface area contributed by atoms with Gasteiger partial charge in [-0.15, -0.1) is 0 Å². The van der Waals surface area contributed by atoms with Gasteiger partial charge in [-0.05, 0) is 47.6 Å². The fourth-order valence-corrected chi connectivity index (χ4v) is 1.34. The summed E-state index contributed by atoms with van der Waals surface area (Å²) < 4.78 is 6.42. The molecule has 12 heavy (non-hydrogen) atoms. The largest absolute Gasteiger partial charge is 0.487 e. The Bertz CT molecular complexity index is 299. The summed E-state index contributed by atoms with van der Waals surface area (Å²) in [6.07, 6.45) is 2.67. The molecule has 0 radical (unpaired) electrons. The normalized spacial score (nSPS) is 16.1. The van der Waals surface area contributed by atoms with Gasteiger partial charge in [-0.2, -0.15) is 0 Å². The fourth-order valence-electron chi connectivity index (χ4n) is 0.902. The lowest BCUT2D eigenvalue weighted by Gasteiger charge is -2.05. The molecular formula is C8H9IN2O. The van der Waals surface area contributed by atoms with E-state index in [-0.39, 0.29) is 0 Å². The highest BCUT2D eigenvalue weighted by atomic mass is 127. The molecule has 0 unspecified atom stereocenters. The molecule has 0 bridgehead atoms. The van der Waals surface area contributed by atoms with Crippen LogP contribution in [0.15, 0.2) is 12.1 Å². The van der Waals surface area contributed by atoms with Gasteiger partial charge < -0.3 is 10.5 Å². The van der Waals surface area contributed by atoms with Crippen molar-refractivity contribution in [1.29, 1.82) is 0 Å². The fraction of sp³-hybridized carbons (Fsp3) is 0.375. The number of aromatic nitrogens is 1. The van der Waals surface area contributed by atoms with E-state index in [1.54, 1.807) is 0 Å². The summed E-state index contributed by atoms with van der Waals surface area (Å²) in [6, 6.07) is 3.77. The Morgan fingerprint density at radius 2 is 2.25 bits per heavy atom. The maximum Gasteiger partial charge on any atom is 0.167 e. The lowest BCUT2D eigenvalue weighted by molar-refractivity contribution is 0.304. The molecule has 0 aliphatic heterocycles. The van der Waals surface area contributed by atoms with Gasteiger partial charge >= 0.3 is 0 Å². The first kappa shape index (κ1) is 8.10. The zero-order chi connectivity index (χ0) is 8.55. The molecule has 0 saturated heterocycles. The Morgan fingerprint density at radius 1 is 1.50 bits per heavy atom. The van der Waals surface area contributed by atoms with Crippen LogP contribution in [-0.4, -0.2) is 11.1 Å². The molecule has 1 fully saturated rings. The minimum absolute atomic E-state index is 0.383. The van der Waals surface area contributed by atoms with E-state index < -0.39 is 0 Å². The molecule has 1 aromatic heterocycles. The van der Waals surface area contributed by atoms with Crippen LogP contribution in [0.1, 0.15) is 12.8 Å². The molecular weight excluding hydrogens is 267 g/mol. The second-order valence-corrected chi connectivity index (χ2v) is 3.94. The summed E-state index contributed by atoms with van der Waals surface area (Å²) >= 11 is 2.12. The lowest BCUT2D eigenvalue weighted by atomic mass is 10.4. The Balaban J connectivity index is 2.18. The highest BCUT2D eigenvalue weighted by molar-refractivity contribution is 14.1. The van der Waals surface area contributed by atoms with E-state index in [1.807, 2.05) is 12.1 Å². The van der Waals surface area contributed by atoms with E-state index >= 15 is 0 Å². The molecule has 0 atom stereocenters. The maximum atomic E-state index is 5.66. The zero-order valence-corrected chi connectivity index (χ0v) is 8.61. The molecule has 1 aromatic rings. The number of pyridine rings is 1. The number of halogens is 1. The van der Waals surface area contributed by atoms with E-state index in [0.717, 1.165) is 22.3 Å². The van der Waals surface area contributed by atoms with Crippen molar-refractivity contribution < 1.29 is 4.74 Å². The minimum Gasteiger partial charge on any atom is -0.487 e. The number of hydrogen-bond donors (Lipinski definition) is 1. The van der Waals surface area contributed by atoms with Gasteiger partial charge in [0, 0.05) is 0 Å². The molecule has 0 spiro atoms. The molecule has 1 aliphatic carbocycles. The lowest BCUT2D eigenvalue weighted by Crippen LogP contribution is -2.01. The third-order valence-electron chi connectivity index (χ3n) is 1.67. The van der Waals surface area contributed by atoms with E-state index in [1.165, 1.54) is 0 Å². The molecule has 1 aliphatic rings. The summed E-state index contributed by atoms with van der Waals surface area (Å²) in [7, 11) is 0. The molecule has 3 nitrogen and oxygen atoms in total. The number of anilines is 1. The van der Waals surface area contributed by atoms with Gasteiger partial charge in [-0.1, -0.05) is 0 Å². The molecule has 64 valence electrons. The van der Waals surface area contributed by atoms with Crippen molar-refractivity contribution in [2.75, 3.05) is 5.73 Å². The highest BCUT2D eigenvalue weighted by Gasteiger charge is 2.24. The highest BCUT2D eigenvalue weighted by Crippen LogP contribution is 2.29. The Hall–Kier alpha value is -0.520. The van der Waals surface area contributed by atoms with Gasteiger partial charge in [0.2, 0.25) is 0 Å². The Labute approximate surface area is 84.5 Å². The van der Waals surface area contributed by atoms with Crippen LogP contribution in [0.2, 0.25) is 0 Å². The van der Waals surface area contributed by atoms with Crippen LogP contribution in [0.25, 0.3) is 0 Å². The summed E-state index contributed by atoms with van der Waals surface area (Å²) in [6.45, 7) is 0. The van der Waals surface area contributed by atoms with Gasteiger partial charge in [-0.25, -0.2) is 4.98 Å². The smallest absolute Gasteiger partial charge is 0.167 e. The third-order valence-corrected chi connectivity index (χ3v) is 2.27. The van der Waals surface area contributed by atoms with E-state index in [0.29, 0.717) is 11.9 Å². The van der Waals surface area contributed by atoms with Crippen molar-refractivity contribution in [2.24, 2.45) is 0 Å². The van der Waals surface area contributed by atoms with Gasteiger partial charge in [0.15, 0.2) is 11.6 Å². The van der Waals surface area contributed by atoms with E-state index in [4.69, 9.17) is 10.5 Å². The van der Waals surface area contributed by atoms with Gasteiger partial charge in [0.25, 0.3) is 0 Å². The monoisotopic (exact) mass is 276 g/mol. The van der Waals surface area contributed by atoms with Crippen LogP contribution in [-0.2, 0) is 0 Å². The van der Waals surface area contributed by atoms with Gasteiger partial charge in [0.1, 0.15) is 3.70 Å². The van der Waals surface area contributed by atoms with Crippen molar-refractivity contribution in [1.82, 2.24) is 4.98 Å². The molecule has 2 N–H and O–H groups in total. The molecule has 0 amide bonds. The molecule has 4 heteroatoms. The number of nitrogens with two attached hydrogens (primary N) is 1. The number of hydrogen-bond acceptors (Lipinski definition) is 3. The SMILES string of the molecule is Nc1nc(I)ccc1OC1CC1. The van der Waals surface area contributed by atoms with E-state index in [9.17, 15) is 0 Å². The maximum absolute atomic E-state index is 5.66.